The molecule has 0 radical (unpaired) electrons. The molecule has 0 saturated carbocycles. The van der Waals surface area contributed by atoms with Crippen LogP contribution in [0.5, 0.6) is 0 Å². The van der Waals surface area contributed by atoms with E-state index in [0.29, 0.717) is 0 Å². The van der Waals surface area contributed by atoms with E-state index in [2.05, 4.69) is 5.32 Å². The summed E-state index contributed by atoms with van der Waals surface area (Å²) < 4.78 is 43.8. The summed E-state index contributed by atoms with van der Waals surface area (Å²) in [7, 11) is 0. The highest BCUT2D eigenvalue weighted by molar-refractivity contribution is 5.97. The molecule has 0 bridgehead atoms. The first-order valence-electron chi connectivity index (χ1n) is 7.70. The van der Waals surface area contributed by atoms with Crippen LogP contribution in [0.1, 0.15) is 42.3 Å². The number of carbonyl (C=O) groups is 1. The van der Waals surface area contributed by atoms with Crippen LogP contribution in [0.4, 0.5) is 13.2 Å². The zero-order chi connectivity index (χ0) is 19.5. The van der Waals surface area contributed by atoms with Crippen molar-refractivity contribution in [2.45, 2.75) is 26.9 Å². The number of nitrogens with zero attached hydrogens (tertiary/aromatic N) is 1. The normalized spacial score (nSPS) is 13.0. The number of hydrogen-bond acceptors (Lipinski definition) is 3. The van der Waals surface area contributed by atoms with E-state index in [0.717, 1.165) is 12.1 Å². The van der Waals surface area contributed by atoms with Gasteiger partial charge in [0.15, 0.2) is 0 Å². The number of nitrogens with one attached hydrogen (secondary N) is 1. The van der Waals surface area contributed by atoms with E-state index in [4.69, 9.17) is 4.42 Å². The second-order valence-electron chi connectivity index (χ2n) is 6.66. The number of hydrogen-bond donors (Lipinski definition) is 1. The third-order valence-electron chi connectivity index (χ3n) is 3.61. The van der Waals surface area contributed by atoms with Gasteiger partial charge in [-0.3, -0.25) is 4.79 Å². The number of nitriles is 1. The van der Waals surface area contributed by atoms with Crippen LogP contribution < -0.4 is 5.32 Å². The van der Waals surface area contributed by atoms with Crippen LogP contribution in [-0.4, -0.2) is 5.91 Å². The molecule has 1 N–H and O–H groups in total. The molecule has 0 spiro atoms. The predicted octanol–water partition coefficient (Wildman–Crippen LogP) is 5.01. The molecular formula is C19H17F3N2O2. The molecule has 2 rings (SSSR count). The summed E-state index contributed by atoms with van der Waals surface area (Å²) in [5.41, 5.74) is -1.03. The Morgan fingerprint density at radius 2 is 1.85 bits per heavy atom. The Morgan fingerprint density at radius 3 is 2.35 bits per heavy atom. The highest BCUT2D eigenvalue weighted by Crippen LogP contribution is 2.34. The number of allylic oxidation sites excluding steroid dienone is 2. The number of benzene rings is 1. The van der Waals surface area contributed by atoms with Gasteiger partial charge in [0, 0.05) is 11.1 Å². The van der Waals surface area contributed by atoms with E-state index < -0.39 is 23.1 Å². The molecule has 0 fully saturated rings. The van der Waals surface area contributed by atoms with Crippen LogP contribution in [0.3, 0.4) is 0 Å². The number of rotatable bonds is 3. The molecule has 0 aliphatic rings. The third-order valence-corrected chi connectivity index (χ3v) is 3.61. The van der Waals surface area contributed by atoms with E-state index in [-0.39, 0.29) is 22.4 Å². The zero-order valence-electron chi connectivity index (χ0n) is 14.4. The summed E-state index contributed by atoms with van der Waals surface area (Å²) in [6.07, 6.45) is -1.96. The van der Waals surface area contributed by atoms with Crippen molar-refractivity contribution < 1.29 is 22.4 Å². The summed E-state index contributed by atoms with van der Waals surface area (Å²) in [5, 5.41) is 12.2. The average Bonchev–Trinajstić information content (AvgIpc) is 3.07. The monoisotopic (exact) mass is 362 g/mol. The molecule has 4 nitrogen and oxygen atoms in total. The minimum absolute atomic E-state index is 0.0274. The summed E-state index contributed by atoms with van der Waals surface area (Å²) in [6.45, 7) is 5.26. The molecule has 26 heavy (non-hydrogen) atoms. The second kappa shape index (κ2) is 7.08. The molecule has 2 aromatic rings. The van der Waals surface area contributed by atoms with Crippen molar-refractivity contribution in [2.75, 3.05) is 0 Å². The van der Waals surface area contributed by atoms with Crippen LogP contribution in [0.25, 0.3) is 5.57 Å². The van der Waals surface area contributed by atoms with Gasteiger partial charge in [-0.2, -0.15) is 18.4 Å². The van der Waals surface area contributed by atoms with Gasteiger partial charge < -0.3 is 9.73 Å². The van der Waals surface area contributed by atoms with Crippen LogP contribution >= 0.6 is 0 Å². The minimum Gasteiger partial charge on any atom is -0.472 e. The Balaban J connectivity index is 2.56. The van der Waals surface area contributed by atoms with Gasteiger partial charge in [-0.1, -0.05) is 32.9 Å². The van der Waals surface area contributed by atoms with Crippen LogP contribution in [0.15, 0.2) is 53.0 Å². The summed E-state index contributed by atoms with van der Waals surface area (Å²) >= 11 is 0. The predicted molar refractivity (Wildman–Crippen MR) is 89.6 cm³/mol. The topological polar surface area (TPSA) is 66.0 Å². The standard InChI is InChI=1S/C19H17F3N2O2/c1-18(2,3)16(24-17(25)13-7-8-26-11-13)15(10-23)12-5-4-6-14(9-12)19(20,21)22/h4-9,11H,1-3H3,(H,24,25)/b16-15-. The number of furan rings is 1. The van der Waals surface area contributed by atoms with Crippen LogP contribution in [-0.2, 0) is 6.18 Å². The van der Waals surface area contributed by atoms with Gasteiger partial charge in [0.05, 0.1) is 23.0 Å². The van der Waals surface area contributed by atoms with Crippen molar-refractivity contribution in [3.8, 4) is 6.07 Å². The molecule has 0 unspecified atom stereocenters. The molecule has 0 atom stereocenters. The quantitative estimate of drug-likeness (QED) is 0.781. The van der Waals surface area contributed by atoms with E-state index in [9.17, 15) is 23.2 Å². The molecule has 1 heterocycles. The lowest BCUT2D eigenvalue weighted by Gasteiger charge is -2.25. The van der Waals surface area contributed by atoms with Gasteiger partial charge >= 0.3 is 6.18 Å². The minimum atomic E-state index is -4.53. The fourth-order valence-corrected chi connectivity index (χ4v) is 2.32. The van der Waals surface area contributed by atoms with Gasteiger partial charge in [0.2, 0.25) is 0 Å². The second-order valence-corrected chi connectivity index (χ2v) is 6.66. The van der Waals surface area contributed by atoms with Gasteiger partial charge in [-0.25, -0.2) is 0 Å². The van der Waals surface area contributed by atoms with Crippen molar-refractivity contribution in [1.29, 1.82) is 5.26 Å². The lowest BCUT2D eigenvalue weighted by molar-refractivity contribution is -0.137. The van der Waals surface area contributed by atoms with Crippen LogP contribution in [0.2, 0.25) is 0 Å². The van der Waals surface area contributed by atoms with Crippen molar-refractivity contribution in [1.82, 2.24) is 5.32 Å². The first-order valence-corrected chi connectivity index (χ1v) is 7.70. The third kappa shape index (κ3) is 4.33. The highest BCUT2D eigenvalue weighted by Gasteiger charge is 2.31. The highest BCUT2D eigenvalue weighted by atomic mass is 19.4. The molecule has 0 saturated heterocycles. The zero-order valence-corrected chi connectivity index (χ0v) is 14.4. The Kier molecular flexibility index (Phi) is 5.26. The molecular weight excluding hydrogens is 345 g/mol. The summed E-state index contributed by atoms with van der Waals surface area (Å²) in [4.78, 5) is 12.3. The van der Waals surface area contributed by atoms with Gasteiger partial charge in [-0.15, -0.1) is 0 Å². The Hall–Kier alpha value is -3.01. The molecule has 0 aliphatic carbocycles. The van der Waals surface area contributed by atoms with E-state index in [1.165, 1.54) is 30.7 Å². The number of amides is 1. The van der Waals surface area contributed by atoms with Gasteiger partial charge in [-0.05, 0) is 23.8 Å². The first-order chi connectivity index (χ1) is 12.0. The Labute approximate surface area is 148 Å². The van der Waals surface area contributed by atoms with Crippen molar-refractivity contribution in [2.24, 2.45) is 5.41 Å². The van der Waals surface area contributed by atoms with Gasteiger partial charge in [0.1, 0.15) is 12.3 Å². The average molecular weight is 362 g/mol. The number of halogens is 3. The van der Waals surface area contributed by atoms with E-state index >= 15 is 0 Å². The molecule has 1 aromatic carbocycles. The smallest absolute Gasteiger partial charge is 0.416 e. The molecule has 0 aliphatic heterocycles. The number of alkyl halides is 3. The van der Waals surface area contributed by atoms with Gasteiger partial charge in [0.25, 0.3) is 5.91 Å². The molecule has 7 heteroatoms. The summed E-state index contributed by atoms with van der Waals surface area (Å²) in [6, 6.07) is 7.84. The van der Waals surface area contributed by atoms with E-state index in [1.807, 2.05) is 6.07 Å². The molecule has 136 valence electrons. The maximum absolute atomic E-state index is 13.0. The Bertz CT molecular complexity index is 867. The first kappa shape index (κ1) is 19.3. The van der Waals surface area contributed by atoms with Crippen molar-refractivity contribution in [3.05, 3.63) is 65.2 Å². The number of carbonyl (C=O) groups excluding carboxylic acids is 1. The van der Waals surface area contributed by atoms with Crippen LogP contribution in [0, 0.1) is 16.7 Å². The van der Waals surface area contributed by atoms with Crippen molar-refractivity contribution in [3.63, 3.8) is 0 Å². The van der Waals surface area contributed by atoms with Crippen molar-refractivity contribution >= 4 is 11.5 Å². The maximum Gasteiger partial charge on any atom is 0.416 e. The maximum atomic E-state index is 13.0. The lowest BCUT2D eigenvalue weighted by atomic mass is 9.86. The molecule has 1 amide bonds. The summed E-state index contributed by atoms with van der Waals surface area (Å²) in [5.74, 6) is -0.511. The fraction of sp³-hybridized carbons (Fsp3) is 0.263. The Morgan fingerprint density at radius 1 is 1.15 bits per heavy atom. The largest absolute Gasteiger partial charge is 0.472 e. The molecule has 1 aromatic heterocycles. The lowest BCUT2D eigenvalue weighted by Crippen LogP contribution is -2.31. The van der Waals surface area contributed by atoms with E-state index in [1.54, 1.807) is 20.8 Å². The fourth-order valence-electron chi connectivity index (χ4n) is 2.32. The SMILES string of the molecule is CC(C)(C)/C(NC(=O)c1ccoc1)=C(\C#N)c1cccc(C(F)(F)F)c1.